The smallest absolute Gasteiger partial charge is 0.161 e. The second-order valence-corrected chi connectivity index (χ2v) is 4.62. The second kappa shape index (κ2) is 6.80. The molecule has 0 unspecified atom stereocenters. The molecule has 0 saturated carbocycles. The van der Waals surface area contributed by atoms with Gasteiger partial charge in [-0.25, -0.2) is 0 Å². The maximum atomic E-state index is 5.85. The Labute approximate surface area is 120 Å². The molecule has 2 aromatic carbocycles. The number of aryl methyl sites for hydroxylation is 1. The van der Waals surface area contributed by atoms with Crippen LogP contribution in [0.15, 0.2) is 49.0 Å². The number of hydrogen-bond donors (Lipinski definition) is 0. The van der Waals surface area contributed by atoms with Crippen LogP contribution in [0.1, 0.15) is 23.6 Å². The first-order chi connectivity index (χ1) is 9.72. The van der Waals surface area contributed by atoms with Gasteiger partial charge in [-0.2, -0.15) is 0 Å². The fourth-order valence-electron chi connectivity index (χ4n) is 1.91. The monoisotopic (exact) mass is 268 g/mol. The molecule has 0 bridgehead atoms. The average Bonchev–Trinajstić information content (AvgIpc) is 2.47. The minimum atomic E-state index is 0.528. The van der Waals surface area contributed by atoms with Crippen molar-refractivity contribution >= 4 is 6.08 Å². The van der Waals surface area contributed by atoms with Crippen molar-refractivity contribution in [2.45, 2.75) is 20.5 Å². The van der Waals surface area contributed by atoms with E-state index in [1.807, 2.05) is 62.4 Å². The Morgan fingerprint density at radius 2 is 1.75 bits per heavy atom. The van der Waals surface area contributed by atoms with Crippen LogP contribution in [0, 0.1) is 6.92 Å². The summed E-state index contributed by atoms with van der Waals surface area (Å²) in [5.41, 5.74) is 3.40. The van der Waals surface area contributed by atoms with E-state index in [0.717, 1.165) is 28.2 Å². The number of benzene rings is 2. The van der Waals surface area contributed by atoms with Crippen LogP contribution in [0.25, 0.3) is 6.08 Å². The largest absolute Gasteiger partial charge is 0.490 e. The topological polar surface area (TPSA) is 18.5 Å². The Hall–Kier alpha value is -2.22. The molecule has 0 N–H and O–H groups in total. The van der Waals surface area contributed by atoms with Gasteiger partial charge in [0.25, 0.3) is 0 Å². The van der Waals surface area contributed by atoms with Gasteiger partial charge in [0.15, 0.2) is 11.5 Å². The molecular formula is C18H20O2. The molecule has 0 aromatic heterocycles. The van der Waals surface area contributed by atoms with Gasteiger partial charge < -0.3 is 9.47 Å². The van der Waals surface area contributed by atoms with E-state index in [2.05, 4.69) is 6.58 Å². The van der Waals surface area contributed by atoms with Gasteiger partial charge >= 0.3 is 0 Å². The molecule has 0 atom stereocenters. The first-order valence-corrected chi connectivity index (χ1v) is 6.80. The predicted molar refractivity (Wildman–Crippen MR) is 83.2 cm³/mol. The van der Waals surface area contributed by atoms with Crippen LogP contribution in [0.4, 0.5) is 0 Å². The average molecular weight is 268 g/mol. The molecule has 2 rings (SSSR count). The normalized spacial score (nSPS) is 10.1. The highest BCUT2D eigenvalue weighted by molar-refractivity contribution is 5.47. The predicted octanol–water partition coefficient (Wildman–Crippen LogP) is 4.62. The van der Waals surface area contributed by atoms with E-state index < -0.39 is 0 Å². The van der Waals surface area contributed by atoms with Gasteiger partial charge in [0, 0.05) is 0 Å². The van der Waals surface area contributed by atoms with Crippen LogP contribution in [0.5, 0.6) is 11.5 Å². The fraction of sp³-hybridized carbons (Fsp3) is 0.222. The highest BCUT2D eigenvalue weighted by Crippen LogP contribution is 2.29. The molecule has 0 spiro atoms. The molecule has 0 fully saturated rings. The molecule has 0 aliphatic rings. The highest BCUT2D eigenvalue weighted by Gasteiger charge is 2.05. The van der Waals surface area contributed by atoms with E-state index in [1.165, 1.54) is 0 Å². The molecule has 20 heavy (non-hydrogen) atoms. The molecule has 0 radical (unpaired) electrons. The van der Waals surface area contributed by atoms with E-state index in [1.54, 1.807) is 0 Å². The van der Waals surface area contributed by atoms with E-state index in [4.69, 9.17) is 9.47 Å². The van der Waals surface area contributed by atoms with E-state index in [9.17, 15) is 0 Å². The number of hydrogen-bond acceptors (Lipinski definition) is 2. The third-order valence-electron chi connectivity index (χ3n) is 3.01. The van der Waals surface area contributed by atoms with Gasteiger partial charge in [0.05, 0.1) is 6.61 Å². The Morgan fingerprint density at radius 1 is 1.00 bits per heavy atom. The van der Waals surface area contributed by atoms with Crippen molar-refractivity contribution in [1.82, 2.24) is 0 Å². The van der Waals surface area contributed by atoms with Crippen molar-refractivity contribution in [3.63, 3.8) is 0 Å². The van der Waals surface area contributed by atoms with Crippen LogP contribution < -0.4 is 9.47 Å². The van der Waals surface area contributed by atoms with Crippen molar-refractivity contribution in [3.05, 3.63) is 65.7 Å². The Morgan fingerprint density at radius 3 is 2.40 bits per heavy atom. The summed E-state index contributed by atoms with van der Waals surface area (Å²) in [7, 11) is 0. The van der Waals surface area contributed by atoms with E-state index >= 15 is 0 Å². The summed E-state index contributed by atoms with van der Waals surface area (Å²) in [5.74, 6) is 1.58. The molecule has 104 valence electrons. The van der Waals surface area contributed by atoms with Crippen LogP contribution in [0.3, 0.4) is 0 Å². The lowest BCUT2D eigenvalue weighted by atomic mass is 10.1. The van der Waals surface area contributed by atoms with Crippen LogP contribution >= 0.6 is 0 Å². The molecule has 0 aliphatic heterocycles. The van der Waals surface area contributed by atoms with Crippen molar-refractivity contribution in [2.24, 2.45) is 0 Å². The summed E-state index contributed by atoms with van der Waals surface area (Å²) in [6.07, 6.45) is 1.83. The van der Waals surface area contributed by atoms with Gasteiger partial charge in [-0.15, -0.1) is 0 Å². The molecule has 0 heterocycles. The van der Waals surface area contributed by atoms with Gasteiger partial charge in [-0.05, 0) is 42.7 Å². The summed E-state index contributed by atoms with van der Waals surface area (Å²) in [4.78, 5) is 0. The standard InChI is InChI=1S/C18H20O2/c1-4-15-7-9-16(10-8-15)13-20-17-11-6-14(3)12-18(17)19-5-2/h4,6-12H,1,5,13H2,2-3H3. The quantitative estimate of drug-likeness (QED) is 0.761. The third kappa shape index (κ3) is 3.64. The first kappa shape index (κ1) is 14.2. The first-order valence-electron chi connectivity index (χ1n) is 6.80. The van der Waals surface area contributed by atoms with Crippen molar-refractivity contribution < 1.29 is 9.47 Å². The van der Waals surface area contributed by atoms with Gasteiger partial charge in [0.1, 0.15) is 6.61 Å². The van der Waals surface area contributed by atoms with Crippen LogP contribution in [-0.2, 0) is 6.61 Å². The third-order valence-corrected chi connectivity index (χ3v) is 3.01. The van der Waals surface area contributed by atoms with Gasteiger partial charge in [0.2, 0.25) is 0 Å². The Kier molecular flexibility index (Phi) is 4.83. The summed E-state index contributed by atoms with van der Waals surface area (Å²) in [5, 5.41) is 0. The maximum absolute atomic E-state index is 5.85. The SMILES string of the molecule is C=Cc1ccc(COc2ccc(C)cc2OCC)cc1. The highest BCUT2D eigenvalue weighted by atomic mass is 16.5. The molecule has 2 heteroatoms. The van der Waals surface area contributed by atoms with E-state index in [0.29, 0.717) is 13.2 Å². The minimum absolute atomic E-state index is 0.528. The zero-order valence-electron chi connectivity index (χ0n) is 12.1. The Balaban J connectivity index is 2.07. The second-order valence-electron chi connectivity index (χ2n) is 4.62. The zero-order valence-corrected chi connectivity index (χ0v) is 12.1. The van der Waals surface area contributed by atoms with Crippen molar-refractivity contribution in [2.75, 3.05) is 6.61 Å². The van der Waals surface area contributed by atoms with E-state index in [-0.39, 0.29) is 0 Å². The lowest BCUT2D eigenvalue weighted by Crippen LogP contribution is -2.00. The van der Waals surface area contributed by atoms with Gasteiger partial charge in [-0.3, -0.25) is 0 Å². The lowest BCUT2D eigenvalue weighted by molar-refractivity contribution is 0.269. The summed E-state index contributed by atoms with van der Waals surface area (Å²) < 4.78 is 11.5. The summed E-state index contributed by atoms with van der Waals surface area (Å²) in [6, 6.07) is 14.1. The minimum Gasteiger partial charge on any atom is -0.490 e. The van der Waals surface area contributed by atoms with Crippen molar-refractivity contribution in [1.29, 1.82) is 0 Å². The van der Waals surface area contributed by atoms with Crippen LogP contribution in [0.2, 0.25) is 0 Å². The molecular weight excluding hydrogens is 248 g/mol. The number of rotatable bonds is 6. The lowest BCUT2D eigenvalue weighted by Gasteiger charge is -2.12. The Bertz CT molecular complexity index is 570. The molecule has 0 aliphatic carbocycles. The van der Waals surface area contributed by atoms with Crippen molar-refractivity contribution in [3.8, 4) is 11.5 Å². The molecule has 2 aromatic rings. The zero-order chi connectivity index (χ0) is 14.4. The summed E-state index contributed by atoms with van der Waals surface area (Å²) in [6.45, 7) is 8.92. The molecule has 0 saturated heterocycles. The van der Waals surface area contributed by atoms with Crippen LogP contribution in [-0.4, -0.2) is 6.61 Å². The fourth-order valence-corrected chi connectivity index (χ4v) is 1.91. The van der Waals surface area contributed by atoms with Gasteiger partial charge in [-0.1, -0.05) is 43.0 Å². The molecule has 0 amide bonds. The maximum Gasteiger partial charge on any atom is 0.161 e. The molecule has 2 nitrogen and oxygen atoms in total. The number of ether oxygens (including phenoxy) is 2. The summed E-state index contributed by atoms with van der Waals surface area (Å²) >= 11 is 0.